The highest BCUT2D eigenvalue weighted by Crippen LogP contribution is 2.05. The maximum atomic E-state index is 12.3. The Balaban J connectivity index is 1.47. The van der Waals surface area contributed by atoms with Gasteiger partial charge >= 0.3 is 0 Å². The fraction of sp³-hybridized carbons (Fsp3) is 0.278. The van der Waals surface area contributed by atoms with E-state index in [0.29, 0.717) is 36.8 Å². The first-order valence-corrected chi connectivity index (χ1v) is 8.06. The molecule has 0 aliphatic rings. The lowest BCUT2D eigenvalue weighted by atomic mass is 10.2. The van der Waals surface area contributed by atoms with Crippen LogP contribution in [0.2, 0.25) is 0 Å². The van der Waals surface area contributed by atoms with Crippen molar-refractivity contribution in [2.24, 2.45) is 0 Å². The first-order chi connectivity index (χ1) is 11.7. The van der Waals surface area contributed by atoms with Crippen molar-refractivity contribution in [3.63, 3.8) is 0 Å². The molecule has 0 fully saturated rings. The predicted octanol–water partition coefficient (Wildman–Crippen LogP) is 1.79. The lowest BCUT2D eigenvalue weighted by molar-refractivity contribution is -0.121. The van der Waals surface area contributed by atoms with Crippen molar-refractivity contribution in [3.05, 3.63) is 65.5 Å². The Hall–Kier alpha value is -2.89. The maximum absolute atomic E-state index is 12.3. The lowest BCUT2D eigenvalue weighted by Crippen LogP contribution is -2.27. The van der Waals surface area contributed by atoms with Crippen LogP contribution in [0.25, 0.3) is 10.9 Å². The Morgan fingerprint density at radius 3 is 2.71 bits per heavy atom. The van der Waals surface area contributed by atoms with Gasteiger partial charge in [0.1, 0.15) is 0 Å². The highest BCUT2D eigenvalue weighted by molar-refractivity contribution is 5.77. The molecule has 0 atom stereocenters. The number of aryl methyl sites for hydroxylation is 1. The van der Waals surface area contributed by atoms with Crippen LogP contribution in [0.15, 0.2) is 59.9 Å². The number of carbonyl (C=O) groups excluding carboxylic acids is 1. The molecule has 0 saturated carbocycles. The average molecular weight is 324 g/mol. The second kappa shape index (κ2) is 7.59. The fourth-order valence-electron chi connectivity index (χ4n) is 2.61. The van der Waals surface area contributed by atoms with Gasteiger partial charge in [0, 0.05) is 38.4 Å². The number of rotatable bonds is 7. The van der Waals surface area contributed by atoms with Gasteiger partial charge in [-0.05, 0) is 30.7 Å². The van der Waals surface area contributed by atoms with Crippen molar-refractivity contribution in [1.29, 1.82) is 0 Å². The molecule has 3 aromatic rings. The molecule has 2 aromatic heterocycles. The number of benzene rings is 1. The van der Waals surface area contributed by atoms with Gasteiger partial charge < -0.3 is 9.88 Å². The monoisotopic (exact) mass is 324 g/mol. The Morgan fingerprint density at radius 1 is 1.08 bits per heavy atom. The third-order valence-electron chi connectivity index (χ3n) is 3.89. The molecular weight excluding hydrogens is 304 g/mol. The molecule has 124 valence electrons. The molecule has 0 radical (unpaired) electrons. The van der Waals surface area contributed by atoms with Gasteiger partial charge in [0.05, 0.1) is 17.2 Å². The summed E-state index contributed by atoms with van der Waals surface area (Å²) in [5, 5.41) is 3.50. The minimum absolute atomic E-state index is 0.00366. The molecule has 1 N–H and O–H groups in total. The van der Waals surface area contributed by atoms with Gasteiger partial charge in [0.15, 0.2) is 0 Å². The first kappa shape index (κ1) is 16.0. The number of aromatic nitrogens is 3. The molecule has 3 rings (SSSR count). The summed E-state index contributed by atoms with van der Waals surface area (Å²) in [4.78, 5) is 28.4. The van der Waals surface area contributed by atoms with Gasteiger partial charge in [0.2, 0.25) is 5.91 Å². The zero-order chi connectivity index (χ0) is 16.8. The zero-order valence-electron chi connectivity index (χ0n) is 13.4. The quantitative estimate of drug-likeness (QED) is 0.720. The fourth-order valence-corrected chi connectivity index (χ4v) is 2.61. The zero-order valence-corrected chi connectivity index (χ0v) is 13.4. The Labute approximate surface area is 139 Å². The van der Waals surface area contributed by atoms with Crippen LogP contribution < -0.4 is 10.9 Å². The van der Waals surface area contributed by atoms with E-state index >= 15 is 0 Å². The van der Waals surface area contributed by atoms with Crippen molar-refractivity contribution in [2.75, 3.05) is 6.54 Å². The Bertz CT molecular complexity index is 868. The van der Waals surface area contributed by atoms with Crippen molar-refractivity contribution >= 4 is 16.8 Å². The molecular formula is C18H20N4O2. The van der Waals surface area contributed by atoms with E-state index in [9.17, 15) is 9.59 Å². The molecule has 24 heavy (non-hydrogen) atoms. The number of carbonyl (C=O) groups is 1. The van der Waals surface area contributed by atoms with E-state index in [2.05, 4.69) is 10.3 Å². The molecule has 0 aliphatic heterocycles. The summed E-state index contributed by atoms with van der Waals surface area (Å²) in [6.07, 6.45) is 6.48. The number of hydrogen-bond acceptors (Lipinski definition) is 3. The van der Waals surface area contributed by atoms with E-state index in [1.807, 2.05) is 47.3 Å². The normalized spacial score (nSPS) is 10.8. The van der Waals surface area contributed by atoms with Gasteiger partial charge in [-0.1, -0.05) is 12.1 Å². The Morgan fingerprint density at radius 2 is 1.88 bits per heavy atom. The number of nitrogens with zero attached hydrogens (tertiary/aromatic N) is 3. The topological polar surface area (TPSA) is 68.9 Å². The summed E-state index contributed by atoms with van der Waals surface area (Å²) in [5.41, 5.74) is 0.634. The summed E-state index contributed by atoms with van der Waals surface area (Å²) < 4.78 is 3.58. The molecule has 1 aromatic carbocycles. The predicted molar refractivity (Wildman–Crippen MR) is 92.7 cm³/mol. The van der Waals surface area contributed by atoms with Crippen molar-refractivity contribution in [1.82, 2.24) is 19.4 Å². The number of amides is 1. The maximum Gasteiger partial charge on any atom is 0.261 e. The summed E-state index contributed by atoms with van der Waals surface area (Å²) >= 11 is 0. The molecule has 6 nitrogen and oxygen atoms in total. The number of fused-ring (bicyclic) bond motifs is 1. The van der Waals surface area contributed by atoms with E-state index in [0.717, 1.165) is 6.54 Å². The van der Waals surface area contributed by atoms with Gasteiger partial charge in [-0.2, -0.15) is 0 Å². The molecule has 0 saturated heterocycles. The average Bonchev–Trinajstić information content (AvgIpc) is 3.11. The number of nitrogens with one attached hydrogen (secondary N) is 1. The molecule has 2 heterocycles. The van der Waals surface area contributed by atoms with Gasteiger partial charge in [-0.3, -0.25) is 14.2 Å². The van der Waals surface area contributed by atoms with Crippen LogP contribution in [0.4, 0.5) is 0 Å². The van der Waals surface area contributed by atoms with Crippen LogP contribution in [-0.4, -0.2) is 26.6 Å². The standard InChI is InChI=1S/C18H20N4O2/c23-17(19-9-13-21-10-3-4-11-21)8-5-12-22-14-20-16-7-2-1-6-15(16)18(22)24/h1-4,6-7,10-11,14H,5,8-9,12-13H2,(H,19,23). The largest absolute Gasteiger partial charge is 0.354 e. The third-order valence-corrected chi connectivity index (χ3v) is 3.89. The van der Waals surface area contributed by atoms with Crippen LogP contribution >= 0.6 is 0 Å². The highest BCUT2D eigenvalue weighted by Gasteiger charge is 2.05. The van der Waals surface area contributed by atoms with Gasteiger partial charge in [-0.25, -0.2) is 4.98 Å². The van der Waals surface area contributed by atoms with Crippen LogP contribution in [0, 0.1) is 0 Å². The Kier molecular flexibility index (Phi) is 5.05. The summed E-state index contributed by atoms with van der Waals surface area (Å²) in [5.74, 6) is 0.00366. The second-order valence-corrected chi connectivity index (χ2v) is 5.63. The molecule has 0 spiro atoms. The summed E-state index contributed by atoms with van der Waals surface area (Å²) in [7, 11) is 0. The van der Waals surface area contributed by atoms with E-state index < -0.39 is 0 Å². The van der Waals surface area contributed by atoms with E-state index in [4.69, 9.17) is 0 Å². The molecule has 0 bridgehead atoms. The summed E-state index contributed by atoms with van der Waals surface area (Å²) in [6.45, 7) is 1.85. The molecule has 1 amide bonds. The number of hydrogen-bond donors (Lipinski definition) is 1. The SMILES string of the molecule is O=C(CCCn1cnc2ccccc2c1=O)NCCn1cccc1. The van der Waals surface area contributed by atoms with E-state index in [1.165, 1.54) is 0 Å². The highest BCUT2D eigenvalue weighted by atomic mass is 16.1. The van der Waals surface area contributed by atoms with Crippen LogP contribution in [-0.2, 0) is 17.9 Å². The van der Waals surface area contributed by atoms with Crippen molar-refractivity contribution in [2.45, 2.75) is 25.9 Å². The van der Waals surface area contributed by atoms with Crippen LogP contribution in [0.3, 0.4) is 0 Å². The third kappa shape index (κ3) is 3.90. The number of para-hydroxylation sites is 1. The molecule has 0 aliphatic carbocycles. The van der Waals surface area contributed by atoms with E-state index in [-0.39, 0.29) is 11.5 Å². The summed E-state index contributed by atoms with van der Waals surface area (Å²) in [6, 6.07) is 11.2. The molecule has 6 heteroatoms. The smallest absolute Gasteiger partial charge is 0.261 e. The lowest BCUT2D eigenvalue weighted by Gasteiger charge is -2.08. The minimum Gasteiger partial charge on any atom is -0.354 e. The van der Waals surface area contributed by atoms with Gasteiger partial charge in [0.25, 0.3) is 5.56 Å². The van der Waals surface area contributed by atoms with Crippen molar-refractivity contribution in [3.8, 4) is 0 Å². The minimum atomic E-state index is -0.0615. The van der Waals surface area contributed by atoms with Gasteiger partial charge in [-0.15, -0.1) is 0 Å². The van der Waals surface area contributed by atoms with Crippen molar-refractivity contribution < 1.29 is 4.79 Å². The van der Waals surface area contributed by atoms with Crippen LogP contribution in [0.1, 0.15) is 12.8 Å². The first-order valence-electron chi connectivity index (χ1n) is 8.06. The second-order valence-electron chi connectivity index (χ2n) is 5.63. The van der Waals surface area contributed by atoms with E-state index in [1.54, 1.807) is 17.0 Å². The molecule has 0 unspecified atom stereocenters. The van der Waals surface area contributed by atoms with Crippen LogP contribution in [0.5, 0.6) is 0 Å².